The number of nitro benzene ring substituents is 2. The summed E-state index contributed by atoms with van der Waals surface area (Å²) in [5.41, 5.74) is 8.63. The smallest absolute Gasteiger partial charge is 0.285 e. The number of rotatable bonds is 6. The van der Waals surface area contributed by atoms with Gasteiger partial charge < -0.3 is 16.8 Å². The van der Waals surface area contributed by atoms with Gasteiger partial charge in [-0.25, -0.2) is 0 Å². The van der Waals surface area contributed by atoms with E-state index in [1.165, 1.54) is 12.1 Å². The summed E-state index contributed by atoms with van der Waals surface area (Å²) in [5.74, 6) is -1.52. The van der Waals surface area contributed by atoms with Crippen molar-refractivity contribution in [2.45, 2.75) is 4.90 Å². The number of sulfonamides is 1. The summed E-state index contributed by atoms with van der Waals surface area (Å²) in [6, 6.07) is 7.15. The quantitative estimate of drug-likeness (QED) is 0.265. The number of nitro groups is 2. The van der Waals surface area contributed by atoms with Crippen LogP contribution in [0, 0.1) is 20.2 Å². The normalized spacial score (nSPS) is 10.7. The molecule has 0 aliphatic carbocycles. The summed E-state index contributed by atoms with van der Waals surface area (Å²) in [6.07, 6.45) is 0. The highest BCUT2D eigenvalue weighted by atomic mass is 32.2. The largest absolute Gasteiger partial charge is 0.369 e. The molecule has 146 valence electrons. The lowest BCUT2D eigenvalue weighted by Gasteiger charge is -2.06. The minimum absolute atomic E-state index is 0.128. The van der Waals surface area contributed by atoms with Crippen molar-refractivity contribution in [1.29, 1.82) is 0 Å². The Morgan fingerprint density at radius 1 is 0.964 bits per heavy atom. The fourth-order valence-electron chi connectivity index (χ4n) is 2.04. The molecule has 1 amide bonds. The van der Waals surface area contributed by atoms with Crippen LogP contribution >= 0.6 is 0 Å². The molecule has 14 heteroatoms. The van der Waals surface area contributed by atoms with Crippen LogP contribution in [0.25, 0.3) is 0 Å². The molecule has 0 spiro atoms. The van der Waals surface area contributed by atoms with E-state index in [0.717, 1.165) is 30.3 Å². The topological polar surface area (TPSA) is 214 Å². The van der Waals surface area contributed by atoms with Crippen LogP contribution in [0.5, 0.6) is 0 Å². The third-order valence-electron chi connectivity index (χ3n) is 3.22. The Kier molecular flexibility index (Phi) is 5.54. The molecule has 0 saturated carbocycles. The molecule has 0 bridgehead atoms. The van der Waals surface area contributed by atoms with E-state index in [1.54, 1.807) is 0 Å². The van der Waals surface area contributed by atoms with Crippen molar-refractivity contribution in [3.63, 3.8) is 0 Å². The van der Waals surface area contributed by atoms with E-state index in [1.807, 2.05) is 0 Å². The van der Waals surface area contributed by atoms with Gasteiger partial charge in [-0.15, -0.1) is 4.40 Å². The molecule has 13 nitrogen and oxygen atoms in total. The van der Waals surface area contributed by atoms with Crippen molar-refractivity contribution in [1.82, 2.24) is 0 Å². The van der Waals surface area contributed by atoms with Crippen LogP contribution in [0.3, 0.4) is 0 Å². The number of carbonyl (C=O) groups is 1. The van der Waals surface area contributed by atoms with Crippen molar-refractivity contribution in [3.8, 4) is 0 Å². The van der Waals surface area contributed by atoms with E-state index in [0.29, 0.717) is 0 Å². The van der Waals surface area contributed by atoms with Gasteiger partial charge in [-0.3, -0.25) is 25.0 Å². The zero-order chi connectivity index (χ0) is 21.1. The minimum Gasteiger partial charge on any atom is -0.369 e. The third kappa shape index (κ3) is 4.76. The zero-order valence-corrected chi connectivity index (χ0v) is 14.6. The Labute approximate surface area is 157 Å². The Morgan fingerprint density at radius 2 is 1.46 bits per heavy atom. The van der Waals surface area contributed by atoms with Crippen molar-refractivity contribution in [2.24, 2.45) is 15.9 Å². The maximum Gasteiger partial charge on any atom is 0.285 e. The predicted octanol–water partition coefficient (Wildman–Crippen LogP) is 0.717. The molecule has 2 aromatic carbocycles. The first kappa shape index (κ1) is 20.2. The van der Waals surface area contributed by atoms with Crippen LogP contribution in [0.4, 0.5) is 17.1 Å². The van der Waals surface area contributed by atoms with Crippen LogP contribution in [-0.2, 0) is 10.0 Å². The Hall–Kier alpha value is -4.07. The number of nitrogens with two attached hydrogens (primary N) is 2. The number of guanidine groups is 1. The van der Waals surface area contributed by atoms with Gasteiger partial charge in [0.1, 0.15) is 0 Å². The van der Waals surface area contributed by atoms with Crippen molar-refractivity contribution in [3.05, 3.63) is 68.3 Å². The molecular weight excluding hydrogens is 396 g/mol. The maximum atomic E-state index is 12.3. The summed E-state index contributed by atoms with van der Waals surface area (Å²) in [6.45, 7) is 0. The summed E-state index contributed by atoms with van der Waals surface area (Å²) in [4.78, 5) is 32.0. The highest BCUT2D eigenvalue weighted by molar-refractivity contribution is 7.90. The van der Waals surface area contributed by atoms with Gasteiger partial charge in [0.25, 0.3) is 27.3 Å². The Bertz CT molecular complexity index is 1060. The van der Waals surface area contributed by atoms with Gasteiger partial charge >= 0.3 is 0 Å². The van der Waals surface area contributed by atoms with Crippen molar-refractivity contribution >= 4 is 39.0 Å². The Morgan fingerprint density at radius 3 is 1.89 bits per heavy atom. The van der Waals surface area contributed by atoms with Crippen LogP contribution < -0.4 is 16.8 Å². The molecule has 0 aliphatic rings. The van der Waals surface area contributed by atoms with E-state index in [2.05, 4.69) is 9.71 Å². The minimum atomic E-state index is -4.11. The fourth-order valence-corrected chi connectivity index (χ4v) is 2.91. The van der Waals surface area contributed by atoms with Crippen LogP contribution in [0.1, 0.15) is 10.4 Å². The zero-order valence-electron chi connectivity index (χ0n) is 13.8. The number of non-ortho nitro benzene ring substituents is 2. The number of hydrogen-bond donors (Lipinski definition) is 3. The molecule has 2 aromatic rings. The molecule has 28 heavy (non-hydrogen) atoms. The number of anilines is 1. The maximum absolute atomic E-state index is 12.3. The lowest BCUT2D eigenvalue weighted by Crippen LogP contribution is -2.24. The molecule has 0 unspecified atom stereocenters. The molecule has 0 fully saturated rings. The standard InChI is InChI=1S/C14H12N6O7S/c15-14(16)18-28(26,27)12-3-1-9(2-4-12)17-13(21)8-5-10(19(22)23)7-11(6-8)20(24)25/h1-7H,(H,17,21)(H4,15,16,18). The highest BCUT2D eigenvalue weighted by Crippen LogP contribution is 2.24. The number of benzene rings is 2. The first-order valence-electron chi connectivity index (χ1n) is 7.21. The third-order valence-corrected chi connectivity index (χ3v) is 4.54. The average Bonchev–Trinajstić information content (AvgIpc) is 2.60. The second-order valence-electron chi connectivity index (χ2n) is 5.22. The van der Waals surface area contributed by atoms with Gasteiger partial charge in [0.05, 0.1) is 26.4 Å². The molecule has 0 heterocycles. The molecular formula is C14H12N6O7S. The second-order valence-corrected chi connectivity index (χ2v) is 6.83. The lowest BCUT2D eigenvalue weighted by atomic mass is 10.1. The molecule has 0 atom stereocenters. The van der Waals surface area contributed by atoms with E-state index < -0.39 is 43.1 Å². The summed E-state index contributed by atoms with van der Waals surface area (Å²) < 4.78 is 26.8. The van der Waals surface area contributed by atoms with Gasteiger partial charge in [-0.2, -0.15) is 8.42 Å². The monoisotopic (exact) mass is 408 g/mol. The van der Waals surface area contributed by atoms with E-state index >= 15 is 0 Å². The number of hydrogen-bond acceptors (Lipinski definition) is 7. The summed E-state index contributed by atoms with van der Waals surface area (Å²) in [5, 5.41) is 24.1. The van der Waals surface area contributed by atoms with Crippen LogP contribution in [0.2, 0.25) is 0 Å². The van der Waals surface area contributed by atoms with Gasteiger partial charge in [-0.05, 0) is 24.3 Å². The lowest BCUT2D eigenvalue weighted by molar-refractivity contribution is -0.394. The van der Waals surface area contributed by atoms with E-state index in [4.69, 9.17) is 11.5 Å². The van der Waals surface area contributed by atoms with E-state index in [-0.39, 0.29) is 16.1 Å². The first-order chi connectivity index (χ1) is 13.0. The number of nitrogens with zero attached hydrogens (tertiary/aromatic N) is 3. The molecule has 0 radical (unpaired) electrons. The van der Waals surface area contributed by atoms with Gasteiger partial charge in [-0.1, -0.05) is 0 Å². The van der Waals surface area contributed by atoms with E-state index in [9.17, 15) is 33.4 Å². The van der Waals surface area contributed by atoms with Gasteiger partial charge in [0.15, 0.2) is 0 Å². The molecule has 5 N–H and O–H groups in total. The predicted molar refractivity (Wildman–Crippen MR) is 97.1 cm³/mol. The summed E-state index contributed by atoms with van der Waals surface area (Å²) in [7, 11) is -4.11. The van der Waals surface area contributed by atoms with Crippen molar-refractivity contribution < 1.29 is 23.1 Å². The Balaban J connectivity index is 2.29. The number of amides is 1. The van der Waals surface area contributed by atoms with Gasteiger partial charge in [0, 0.05) is 17.8 Å². The van der Waals surface area contributed by atoms with Crippen LogP contribution in [-0.4, -0.2) is 30.1 Å². The number of nitrogens with one attached hydrogen (secondary N) is 1. The van der Waals surface area contributed by atoms with Crippen LogP contribution in [0.15, 0.2) is 51.8 Å². The molecule has 0 aromatic heterocycles. The second kappa shape index (κ2) is 7.67. The summed E-state index contributed by atoms with van der Waals surface area (Å²) >= 11 is 0. The van der Waals surface area contributed by atoms with Crippen molar-refractivity contribution in [2.75, 3.05) is 5.32 Å². The first-order valence-corrected chi connectivity index (χ1v) is 8.65. The highest BCUT2D eigenvalue weighted by Gasteiger charge is 2.20. The SMILES string of the molecule is NC(N)=NS(=O)(=O)c1ccc(NC(=O)c2cc([N+](=O)[O-])cc([N+](=O)[O-])c2)cc1. The molecule has 0 saturated heterocycles. The molecule has 0 aliphatic heterocycles. The average molecular weight is 408 g/mol. The number of carbonyl (C=O) groups excluding carboxylic acids is 1. The molecule has 2 rings (SSSR count). The van der Waals surface area contributed by atoms with Gasteiger partial charge in [0.2, 0.25) is 5.96 Å². The fraction of sp³-hybridized carbons (Fsp3) is 0.